The Hall–Kier alpha value is -1.81. The molecule has 0 atom stereocenters. The van der Waals surface area contributed by atoms with Crippen LogP contribution in [0.25, 0.3) is 0 Å². The largest absolute Gasteiger partial charge is 0.337 e. The monoisotopic (exact) mass is 278 g/mol. The van der Waals surface area contributed by atoms with Crippen LogP contribution in [0.1, 0.15) is 16.8 Å². The second kappa shape index (κ2) is 4.38. The van der Waals surface area contributed by atoms with Crippen LogP contribution < -0.4 is 9.78 Å². The molecule has 0 aliphatic carbocycles. The summed E-state index contributed by atoms with van der Waals surface area (Å²) >= 11 is 0. The molecule has 4 heterocycles. The standard InChI is InChI=1S/C13H11O5P/c14-19(15,16)13-9-1-5-11(6-2-9)17-18-12-7-3-10(13)4-8-12/h1-8,13H,(H2,14,15,16). The average molecular weight is 278 g/mol. The van der Waals surface area contributed by atoms with E-state index in [1.165, 1.54) is 0 Å². The Morgan fingerprint density at radius 1 is 0.789 bits per heavy atom. The molecule has 6 heteroatoms. The summed E-state index contributed by atoms with van der Waals surface area (Å²) in [6, 6.07) is 13.0. The molecule has 0 radical (unpaired) electrons. The molecule has 5 nitrogen and oxygen atoms in total. The Bertz CT molecular complexity index is 582. The highest BCUT2D eigenvalue weighted by Crippen LogP contribution is 2.55. The zero-order valence-electron chi connectivity index (χ0n) is 9.76. The quantitative estimate of drug-likeness (QED) is 0.619. The van der Waals surface area contributed by atoms with Crippen molar-refractivity contribution in [3.05, 3.63) is 59.7 Å². The van der Waals surface area contributed by atoms with E-state index >= 15 is 0 Å². The van der Waals surface area contributed by atoms with Crippen molar-refractivity contribution >= 4 is 7.60 Å². The lowest BCUT2D eigenvalue weighted by Gasteiger charge is -2.19. The summed E-state index contributed by atoms with van der Waals surface area (Å²) in [6.07, 6.45) is 0. The van der Waals surface area contributed by atoms with Gasteiger partial charge in [-0.1, -0.05) is 24.3 Å². The van der Waals surface area contributed by atoms with Crippen molar-refractivity contribution in [2.24, 2.45) is 0 Å². The van der Waals surface area contributed by atoms with Crippen LogP contribution in [0.15, 0.2) is 48.5 Å². The van der Waals surface area contributed by atoms with Crippen molar-refractivity contribution in [3.63, 3.8) is 0 Å². The summed E-state index contributed by atoms with van der Waals surface area (Å²) in [4.78, 5) is 29.4. The van der Waals surface area contributed by atoms with Crippen LogP contribution in [-0.2, 0) is 4.57 Å². The first-order chi connectivity index (χ1) is 9.04. The molecule has 0 saturated heterocycles. The minimum absolute atomic E-state index is 0.470. The molecule has 2 N–H and O–H groups in total. The Morgan fingerprint density at radius 2 is 1.16 bits per heavy atom. The average Bonchev–Trinajstić information content (AvgIpc) is 2.46. The van der Waals surface area contributed by atoms with Gasteiger partial charge in [0.1, 0.15) is 5.66 Å². The van der Waals surface area contributed by atoms with Gasteiger partial charge in [0, 0.05) is 0 Å². The lowest BCUT2D eigenvalue weighted by molar-refractivity contribution is -0.0999. The lowest BCUT2D eigenvalue weighted by atomic mass is 10.0. The molecule has 0 aromatic heterocycles. The SMILES string of the molecule is O=P(O)(O)C1c2ccc(cc2)OOc2ccc1cc2. The lowest BCUT2D eigenvalue weighted by Crippen LogP contribution is -2.01. The fraction of sp³-hybridized carbons (Fsp3) is 0.0769. The molecule has 98 valence electrons. The van der Waals surface area contributed by atoms with Gasteiger partial charge in [0.15, 0.2) is 11.5 Å². The zero-order valence-corrected chi connectivity index (χ0v) is 10.7. The van der Waals surface area contributed by atoms with E-state index in [9.17, 15) is 14.4 Å². The van der Waals surface area contributed by atoms with E-state index in [0.717, 1.165) is 0 Å². The third-order valence-corrected chi connectivity index (χ3v) is 4.23. The van der Waals surface area contributed by atoms with Crippen LogP contribution in [0.5, 0.6) is 11.5 Å². The molecular formula is C13H11O5P. The van der Waals surface area contributed by atoms with Gasteiger partial charge in [-0.3, -0.25) is 14.3 Å². The van der Waals surface area contributed by atoms with E-state index in [0.29, 0.717) is 22.6 Å². The van der Waals surface area contributed by atoms with Gasteiger partial charge in [-0.15, -0.1) is 0 Å². The van der Waals surface area contributed by atoms with Gasteiger partial charge in [0.2, 0.25) is 0 Å². The van der Waals surface area contributed by atoms with E-state index in [-0.39, 0.29) is 0 Å². The number of hydrogen-bond acceptors (Lipinski definition) is 3. The van der Waals surface area contributed by atoms with Crippen LogP contribution in [0, 0.1) is 0 Å². The van der Waals surface area contributed by atoms with Gasteiger partial charge in [0.05, 0.1) is 0 Å². The molecular weight excluding hydrogens is 267 g/mol. The van der Waals surface area contributed by atoms with Gasteiger partial charge in [-0.05, 0) is 35.4 Å². The number of hydrogen-bond donors (Lipinski definition) is 2. The van der Waals surface area contributed by atoms with E-state index in [2.05, 4.69) is 0 Å². The van der Waals surface area contributed by atoms with E-state index < -0.39 is 13.3 Å². The second-order valence-electron chi connectivity index (χ2n) is 4.30. The van der Waals surface area contributed by atoms with Gasteiger partial charge >= 0.3 is 7.60 Å². The topological polar surface area (TPSA) is 76.0 Å². The molecule has 19 heavy (non-hydrogen) atoms. The molecule has 0 saturated carbocycles. The third-order valence-electron chi connectivity index (χ3n) is 2.96. The number of benzene rings is 2. The third kappa shape index (κ3) is 2.36. The summed E-state index contributed by atoms with van der Waals surface area (Å²) in [5, 5.41) is 0. The first-order valence-electron chi connectivity index (χ1n) is 5.64. The summed E-state index contributed by atoms with van der Waals surface area (Å²) in [5.74, 6) is 0.940. The van der Waals surface area contributed by atoms with E-state index in [1.54, 1.807) is 48.5 Å². The summed E-state index contributed by atoms with van der Waals surface area (Å²) in [5.41, 5.74) is 0.0966. The molecule has 4 aliphatic heterocycles. The van der Waals surface area contributed by atoms with E-state index in [4.69, 9.17) is 9.78 Å². The highest BCUT2D eigenvalue weighted by molar-refractivity contribution is 7.52. The van der Waals surface area contributed by atoms with Gasteiger partial charge < -0.3 is 9.79 Å². The maximum absolute atomic E-state index is 11.7. The normalized spacial score (nSPS) is 14.6. The Morgan fingerprint density at radius 3 is 1.47 bits per heavy atom. The predicted octanol–water partition coefficient (Wildman–Crippen LogP) is 2.64. The molecule has 2 aromatic rings. The first-order valence-corrected chi connectivity index (χ1v) is 7.32. The van der Waals surface area contributed by atoms with Gasteiger partial charge in [-0.25, -0.2) is 0 Å². The van der Waals surface area contributed by atoms with Crippen LogP contribution in [0.4, 0.5) is 0 Å². The van der Waals surface area contributed by atoms with Crippen molar-refractivity contribution in [1.29, 1.82) is 0 Å². The fourth-order valence-electron chi connectivity index (χ4n) is 2.09. The second-order valence-corrected chi connectivity index (χ2v) is 5.99. The highest BCUT2D eigenvalue weighted by Gasteiger charge is 2.32. The van der Waals surface area contributed by atoms with Crippen LogP contribution in [-0.4, -0.2) is 9.79 Å². The Kier molecular flexibility index (Phi) is 2.82. The minimum Gasteiger partial charge on any atom is -0.324 e. The van der Waals surface area contributed by atoms with Crippen molar-refractivity contribution in [3.8, 4) is 11.5 Å². The molecule has 0 unspecified atom stereocenters. The molecule has 4 aliphatic rings. The van der Waals surface area contributed by atoms with Crippen LogP contribution in [0.3, 0.4) is 0 Å². The predicted molar refractivity (Wildman–Crippen MR) is 68.0 cm³/mol. The summed E-state index contributed by atoms with van der Waals surface area (Å²) in [7, 11) is -4.31. The van der Waals surface area contributed by atoms with Crippen molar-refractivity contribution in [1.82, 2.24) is 0 Å². The maximum atomic E-state index is 11.7. The molecule has 0 amide bonds. The fourth-order valence-corrected chi connectivity index (χ4v) is 3.21. The molecule has 6 rings (SSSR count). The van der Waals surface area contributed by atoms with Crippen molar-refractivity contribution in [2.45, 2.75) is 5.66 Å². The zero-order chi connectivity index (χ0) is 13.5. The van der Waals surface area contributed by atoms with Crippen LogP contribution in [0.2, 0.25) is 0 Å². The first kappa shape index (κ1) is 12.2. The Labute approximate surface area is 109 Å². The number of rotatable bonds is 1. The summed E-state index contributed by atoms with van der Waals surface area (Å²) < 4.78 is 11.7. The highest BCUT2D eigenvalue weighted by atomic mass is 31.2. The summed E-state index contributed by atoms with van der Waals surface area (Å²) in [6.45, 7) is 0. The molecule has 2 aromatic carbocycles. The molecule has 0 fully saturated rings. The minimum atomic E-state index is -4.31. The van der Waals surface area contributed by atoms with Crippen molar-refractivity contribution in [2.75, 3.05) is 0 Å². The smallest absolute Gasteiger partial charge is 0.324 e. The Balaban J connectivity index is 2.22. The molecule has 0 spiro atoms. The maximum Gasteiger partial charge on any atom is 0.337 e. The van der Waals surface area contributed by atoms with E-state index in [1.807, 2.05) is 0 Å². The van der Waals surface area contributed by atoms with Crippen molar-refractivity contribution < 1.29 is 24.1 Å². The molecule has 4 bridgehead atoms. The van der Waals surface area contributed by atoms with Crippen LogP contribution >= 0.6 is 7.60 Å². The van der Waals surface area contributed by atoms with Gasteiger partial charge in [0.25, 0.3) is 0 Å². The van der Waals surface area contributed by atoms with Gasteiger partial charge in [-0.2, -0.15) is 0 Å².